The Morgan fingerprint density at radius 1 is 1.26 bits per heavy atom. The number of nitrogen functional groups attached to an aromatic ring is 1. The molecular formula is C14H10FIN2O. The summed E-state index contributed by atoms with van der Waals surface area (Å²) in [7, 11) is 0. The summed E-state index contributed by atoms with van der Waals surface area (Å²) >= 11 is 2.07. The Balaban J connectivity index is 2.16. The van der Waals surface area contributed by atoms with Gasteiger partial charge in [0.05, 0.1) is 20.9 Å². The maximum absolute atomic E-state index is 12.8. The summed E-state index contributed by atoms with van der Waals surface area (Å²) in [5.41, 5.74) is 7.61. The molecular weight excluding hydrogens is 358 g/mol. The highest BCUT2D eigenvalue weighted by Gasteiger charge is 2.08. The zero-order chi connectivity index (χ0) is 13.8. The molecule has 0 atom stereocenters. The normalized spacial score (nSPS) is 9.95. The zero-order valence-electron chi connectivity index (χ0n) is 9.86. The first kappa shape index (κ1) is 13.6. The van der Waals surface area contributed by atoms with E-state index in [4.69, 9.17) is 15.7 Å². The maximum atomic E-state index is 12.8. The Labute approximate surface area is 123 Å². The molecule has 5 heteroatoms. The van der Waals surface area contributed by atoms with Crippen LogP contribution in [-0.4, -0.2) is 0 Å². The van der Waals surface area contributed by atoms with Crippen LogP contribution in [0.3, 0.4) is 0 Å². The van der Waals surface area contributed by atoms with Crippen molar-refractivity contribution in [2.24, 2.45) is 0 Å². The predicted molar refractivity (Wildman–Crippen MR) is 79.0 cm³/mol. The van der Waals surface area contributed by atoms with E-state index in [1.54, 1.807) is 24.3 Å². The lowest BCUT2D eigenvalue weighted by molar-refractivity contribution is 0.305. The molecule has 0 amide bonds. The van der Waals surface area contributed by atoms with Crippen molar-refractivity contribution in [2.45, 2.75) is 6.61 Å². The van der Waals surface area contributed by atoms with Crippen molar-refractivity contribution in [1.82, 2.24) is 0 Å². The molecule has 0 bridgehead atoms. The molecule has 0 aliphatic carbocycles. The Hall–Kier alpha value is -1.81. The summed E-state index contributed by atoms with van der Waals surface area (Å²) in [4.78, 5) is 0. The van der Waals surface area contributed by atoms with Gasteiger partial charge in [0.15, 0.2) is 5.75 Å². The Kier molecular flexibility index (Phi) is 4.22. The maximum Gasteiger partial charge on any atom is 0.156 e. The summed E-state index contributed by atoms with van der Waals surface area (Å²) < 4.78 is 19.2. The van der Waals surface area contributed by atoms with E-state index in [1.807, 2.05) is 6.07 Å². The highest BCUT2D eigenvalue weighted by molar-refractivity contribution is 14.1. The minimum atomic E-state index is -0.281. The van der Waals surface area contributed by atoms with Crippen LogP contribution in [0.5, 0.6) is 5.75 Å². The van der Waals surface area contributed by atoms with Crippen LogP contribution in [0, 0.1) is 20.7 Å². The second kappa shape index (κ2) is 5.89. The molecule has 0 aliphatic heterocycles. The van der Waals surface area contributed by atoms with Crippen molar-refractivity contribution in [2.75, 3.05) is 5.73 Å². The molecule has 0 aliphatic rings. The number of halogens is 2. The lowest BCUT2D eigenvalue weighted by atomic mass is 10.2. The van der Waals surface area contributed by atoms with Crippen molar-refractivity contribution < 1.29 is 9.13 Å². The van der Waals surface area contributed by atoms with Crippen LogP contribution < -0.4 is 10.5 Å². The standard InChI is InChI=1S/C14H10FIN2O/c15-11-3-1-9(2-4-11)8-19-14-12(16)5-10(7-17)6-13(14)18/h1-6H,8,18H2. The minimum Gasteiger partial charge on any atom is -0.486 e. The number of hydrogen-bond acceptors (Lipinski definition) is 3. The van der Waals surface area contributed by atoms with Crippen molar-refractivity contribution in [3.05, 3.63) is 56.9 Å². The van der Waals surface area contributed by atoms with E-state index in [2.05, 4.69) is 22.6 Å². The number of nitrogens with zero attached hydrogens (tertiary/aromatic N) is 1. The topological polar surface area (TPSA) is 59.0 Å². The van der Waals surface area contributed by atoms with Gasteiger partial charge in [-0.15, -0.1) is 0 Å². The number of hydrogen-bond donors (Lipinski definition) is 1. The van der Waals surface area contributed by atoms with Gasteiger partial charge in [-0.2, -0.15) is 5.26 Å². The number of nitriles is 1. The third-order valence-electron chi connectivity index (χ3n) is 2.50. The molecule has 96 valence electrons. The number of nitrogens with two attached hydrogens (primary N) is 1. The molecule has 2 N–H and O–H groups in total. The summed E-state index contributed by atoms with van der Waals surface area (Å²) in [5.74, 6) is 0.264. The van der Waals surface area contributed by atoms with Crippen molar-refractivity contribution in [1.29, 1.82) is 5.26 Å². The Morgan fingerprint density at radius 2 is 1.95 bits per heavy atom. The van der Waals surface area contributed by atoms with E-state index < -0.39 is 0 Å². The molecule has 0 heterocycles. The van der Waals surface area contributed by atoms with Gasteiger partial charge >= 0.3 is 0 Å². The number of ether oxygens (including phenoxy) is 1. The molecule has 19 heavy (non-hydrogen) atoms. The highest BCUT2D eigenvalue weighted by atomic mass is 127. The van der Waals surface area contributed by atoms with Gasteiger partial charge in [0.25, 0.3) is 0 Å². The van der Waals surface area contributed by atoms with Crippen molar-refractivity contribution in [3.63, 3.8) is 0 Å². The highest BCUT2D eigenvalue weighted by Crippen LogP contribution is 2.30. The molecule has 0 spiro atoms. The average molecular weight is 368 g/mol. The van der Waals surface area contributed by atoms with Crippen LogP contribution >= 0.6 is 22.6 Å². The van der Waals surface area contributed by atoms with Gasteiger partial charge in [-0.05, 0) is 52.4 Å². The monoisotopic (exact) mass is 368 g/mol. The SMILES string of the molecule is N#Cc1cc(N)c(OCc2ccc(F)cc2)c(I)c1. The first-order valence-electron chi connectivity index (χ1n) is 5.46. The van der Waals surface area contributed by atoms with E-state index in [1.165, 1.54) is 12.1 Å². The molecule has 2 aromatic carbocycles. The van der Waals surface area contributed by atoms with E-state index in [9.17, 15) is 4.39 Å². The third-order valence-corrected chi connectivity index (χ3v) is 3.30. The van der Waals surface area contributed by atoms with Crippen molar-refractivity contribution in [3.8, 4) is 11.8 Å². The van der Waals surface area contributed by atoms with Crippen LogP contribution in [0.25, 0.3) is 0 Å². The first-order chi connectivity index (χ1) is 9.10. The molecule has 0 saturated carbocycles. The van der Waals surface area contributed by atoms with E-state index in [0.717, 1.165) is 9.13 Å². The Bertz CT molecular complexity index is 612. The van der Waals surface area contributed by atoms with Gasteiger partial charge in [0.1, 0.15) is 12.4 Å². The van der Waals surface area contributed by atoms with Gasteiger partial charge in [0.2, 0.25) is 0 Å². The molecule has 0 fully saturated rings. The number of benzene rings is 2. The summed E-state index contributed by atoms with van der Waals surface area (Å²) in [6.07, 6.45) is 0. The van der Waals surface area contributed by atoms with Crippen LogP contribution in [-0.2, 0) is 6.61 Å². The van der Waals surface area contributed by atoms with E-state index in [-0.39, 0.29) is 5.82 Å². The molecule has 0 saturated heterocycles. The van der Waals surface area contributed by atoms with Gasteiger partial charge < -0.3 is 10.5 Å². The molecule has 0 unspecified atom stereocenters. The predicted octanol–water partition coefficient (Wildman–Crippen LogP) is 3.46. The fraction of sp³-hybridized carbons (Fsp3) is 0.0714. The summed E-state index contributed by atoms with van der Waals surface area (Å²) in [5, 5.41) is 8.83. The average Bonchev–Trinajstić information content (AvgIpc) is 2.39. The lowest BCUT2D eigenvalue weighted by Gasteiger charge is -2.11. The largest absolute Gasteiger partial charge is 0.486 e. The fourth-order valence-corrected chi connectivity index (χ4v) is 2.37. The van der Waals surface area contributed by atoms with Gasteiger partial charge in [-0.25, -0.2) is 4.39 Å². The fourth-order valence-electron chi connectivity index (χ4n) is 1.57. The third kappa shape index (κ3) is 3.35. The summed E-state index contributed by atoms with van der Waals surface area (Å²) in [6, 6.07) is 11.4. The van der Waals surface area contributed by atoms with Gasteiger partial charge in [-0.3, -0.25) is 0 Å². The van der Waals surface area contributed by atoms with Crippen LogP contribution in [0.15, 0.2) is 36.4 Å². The number of anilines is 1. The smallest absolute Gasteiger partial charge is 0.156 e. The molecule has 3 nitrogen and oxygen atoms in total. The van der Waals surface area contributed by atoms with Gasteiger partial charge in [-0.1, -0.05) is 12.1 Å². The molecule has 2 aromatic rings. The lowest BCUT2D eigenvalue weighted by Crippen LogP contribution is -2.01. The number of rotatable bonds is 3. The zero-order valence-corrected chi connectivity index (χ0v) is 12.0. The first-order valence-corrected chi connectivity index (χ1v) is 6.54. The van der Waals surface area contributed by atoms with E-state index >= 15 is 0 Å². The second-order valence-electron chi connectivity index (χ2n) is 3.90. The minimum absolute atomic E-state index is 0.281. The molecule has 2 rings (SSSR count). The van der Waals surface area contributed by atoms with Crippen LogP contribution in [0.2, 0.25) is 0 Å². The molecule has 0 radical (unpaired) electrons. The van der Waals surface area contributed by atoms with Crippen LogP contribution in [0.1, 0.15) is 11.1 Å². The summed E-state index contributed by atoms with van der Waals surface area (Å²) in [6.45, 7) is 0.298. The van der Waals surface area contributed by atoms with E-state index in [0.29, 0.717) is 23.6 Å². The Morgan fingerprint density at radius 3 is 2.53 bits per heavy atom. The molecule has 0 aromatic heterocycles. The van der Waals surface area contributed by atoms with Gasteiger partial charge in [0, 0.05) is 0 Å². The van der Waals surface area contributed by atoms with Crippen molar-refractivity contribution >= 4 is 28.3 Å². The second-order valence-corrected chi connectivity index (χ2v) is 5.07. The quantitative estimate of drug-likeness (QED) is 0.667. The van der Waals surface area contributed by atoms with Crippen LogP contribution in [0.4, 0.5) is 10.1 Å².